The minimum absolute atomic E-state index is 0.0714. The molecule has 0 saturated carbocycles. The summed E-state index contributed by atoms with van der Waals surface area (Å²) in [6, 6.07) is 7.69. The van der Waals surface area contributed by atoms with Gasteiger partial charge < -0.3 is 10.8 Å². The molecule has 0 radical (unpaired) electrons. The molecule has 1 aromatic carbocycles. The smallest absolute Gasteiger partial charge is 0.223 e. The third-order valence-electron chi connectivity index (χ3n) is 4.54. The zero-order chi connectivity index (χ0) is 14.8. The normalized spacial score (nSPS) is 29.8. The van der Waals surface area contributed by atoms with Gasteiger partial charge in [-0.05, 0) is 37.1 Å². The fourth-order valence-corrected chi connectivity index (χ4v) is 3.45. The zero-order valence-corrected chi connectivity index (χ0v) is 12.0. The van der Waals surface area contributed by atoms with Gasteiger partial charge in [0.2, 0.25) is 5.91 Å². The van der Waals surface area contributed by atoms with Crippen LogP contribution < -0.4 is 16.6 Å². The van der Waals surface area contributed by atoms with E-state index in [0.717, 1.165) is 25.9 Å². The molecule has 2 heterocycles. The standard InChI is InChI=1S/C15H22N4O2/c16-15(21)12-8-17-18-14(12)13-2-1-7-19(13)9-10-3-5-11(20)6-4-10/h3-6,12-14,17-18,20H,1-2,7-9H2,(H2,16,21). The number of carbonyl (C=O) groups is 1. The Hall–Kier alpha value is -1.63. The van der Waals surface area contributed by atoms with Gasteiger partial charge in [-0.3, -0.25) is 20.5 Å². The number of nitrogens with two attached hydrogens (primary N) is 1. The lowest BCUT2D eigenvalue weighted by atomic mass is 9.93. The highest BCUT2D eigenvalue weighted by Gasteiger charge is 2.41. The van der Waals surface area contributed by atoms with Crippen LogP contribution in [0.15, 0.2) is 24.3 Å². The van der Waals surface area contributed by atoms with E-state index in [4.69, 9.17) is 5.73 Å². The van der Waals surface area contributed by atoms with Gasteiger partial charge in [-0.25, -0.2) is 0 Å². The van der Waals surface area contributed by atoms with Crippen LogP contribution in [0.4, 0.5) is 0 Å². The Morgan fingerprint density at radius 3 is 2.86 bits per heavy atom. The first-order valence-corrected chi connectivity index (χ1v) is 7.45. The number of phenolic OH excluding ortho intramolecular Hbond substituents is 1. The molecule has 2 aliphatic rings. The van der Waals surface area contributed by atoms with E-state index in [0.29, 0.717) is 12.6 Å². The van der Waals surface area contributed by atoms with Crippen molar-refractivity contribution in [2.45, 2.75) is 31.5 Å². The number of benzene rings is 1. The Bertz CT molecular complexity index is 505. The monoisotopic (exact) mass is 290 g/mol. The van der Waals surface area contributed by atoms with Crippen LogP contribution in [0, 0.1) is 5.92 Å². The molecule has 1 aromatic rings. The minimum Gasteiger partial charge on any atom is -0.508 e. The summed E-state index contributed by atoms with van der Waals surface area (Å²) in [4.78, 5) is 14.0. The van der Waals surface area contributed by atoms with Crippen molar-refractivity contribution in [3.63, 3.8) is 0 Å². The van der Waals surface area contributed by atoms with Crippen molar-refractivity contribution in [1.82, 2.24) is 15.8 Å². The van der Waals surface area contributed by atoms with Gasteiger partial charge >= 0.3 is 0 Å². The predicted molar refractivity (Wildman–Crippen MR) is 79.1 cm³/mol. The van der Waals surface area contributed by atoms with Gasteiger partial charge in [-0.2, -0.15) is 0 Å². The number of aromatic hydroxyl groups is 1. The van der Waals surface area contributed by atoms with Crippen LogP contribution in [-0.2, 0) is 11.3 Å². The number of nitrogens with zero attached hydrogens (tertiary/aromatic N) is 1. The van der Waals surface area contributed by atoms with Gasteiger partial charge in [0.05, 0.1) is 5.92 Å². The first-order chi connectivity index (χ1) is 10.1. The summed E-state index contributed by atoms with van der Waals surface area (Å²) in [6.45, 7) is 2.45. The topological polar surface area (TPSA) is 90.6 Å². The number of carbonyl (C=O) groups excluding carboxylic acids is 1. The Kier molecular flexibility index (Phi) is 4.10. The van der Waals surface area contributed by atoms with Crippen molar-refractivity contribution in [2.75, 3.05) is 13.1 Å². The largest absolute Gasteiger partial charge is 0.508 e. The first kappa shape index (κ1) is 14.3. The maximum Gasteiger partial charge on any atom is 0.223 e. The van der Waals surface area contributed by atoms with Crippen molar-refractivity contribution in [3.8, 4) is 5.75 Å². The van der Waals surface area contributed by atoms with Crippen LogP contribution in [-0.4, -0.2) is 41.1 Å². The lowest BCUT2D eigenvalue weighted by Crippen LogP contribution is -2.50. The summed E-state index contributed by atoms with van der Waals surface area (Å²) in [5.74, 6) is -0.114. The molecule has 2 aliphatic heterocycles. The van der Waals surface area contributed by atoms with Gasteiger partial charge in [0.1, 0.15) is 5.75 Å². The molecule has 1 amide bonds. The van der Waals surface area contributed by atoms with E-state index in [9.17, 15) is 9.90 Å². The number of phenols is 1. The SMILES string of the molecule is NC(=O)C1CNNC1C1CCCN1Cc1ccc(O)cc1. The molecule has 0 aliphatic carbocycles. The van der Waals surface area contributed by atoms with E-state index in [1.54, 1.807) is 12.1 Å². The molecule has 6 nitrogen and oxygen atoms in total. The van der Waals surface area contributed by atoms with Crippen molar-refractivity contribution < 1.29 is 9.90 Å². The fourth-order valence-electron chi connectivity index (χ4n) is 3.45. The van der Waals surface area contributed by atoms with Crippen LogP contribution in [0.25, 0.3) is 0 Å². The van der Waals surface area contributed by atoms with E-state index in [2.05, 4.69) is 15.8 Å². The van der Waals surface area contributed by atoms with E-state index < -0.39 is 0 Å². The van der Waals surface area contributed by atoms with Crippen LogP contribution in [0.5, 0.6) is 5.75 Å². The van der Waals surface area contributed by atoms with Crippen molar-refractivity contribution >= 4 is 5.91 Å². The molecule has 0 aromatic heterocycles. The summed E-state index contributed by atoms with van der Waals surface area (Å²) in [5, 5.41) is 9.35. The highest BCUT2D eigenvalue weighted by atomic mass is 16.3. The first-order valence-electron chi connectivity index (χ1n) is 7.45. The molecule has 5 N–H and O–H groups in total. The van der Waals surface area contributed by atoms with Gasteiger partial charge in [-0.15, -0.1) is 0 Å². The second-order valence-corrected chi connectivity index (χ2v) is 5.91. The van der Waals surface area contributed by atoms with E-state index >= 15 is 0 Å². The quantitative estimate of drug-likeness (QED) is 0.623. The molecule has 2 saturated heterocycles. The summed E-state index contributed by atoms with van der Waals surface area (Å²) >= 11 is 0. The molecular weight excluding hydrogens is 268 g/mol. The summed E-state index contributed by atoms with van der Waals surface area (Å²) in [7, 11) is 0. The van der Waals surface area contributed by atoms with Crippen molar-refractivity contribution in [2.24, 2.45) is 11.7 Å². The number of rotatable bonds is 4. The lowest BCUT2D eigenvalue weighted by molar-refractivity contribution is -0.122. The van der Waals surface area contributed by atoms with E-state index in [-0.39, 0.29) is 23.6 Å². The maximum absolute atomic E-state index is 11.6. The van der Waals surface area contributed by atoms with Crippen LogP contribution in [0.3, 0.4) is 0 Å². The van der Waals surface area contributed by atoms with Gasteiger partial charge in [0.15, 0.2) is 0 Å². The van der Waals surface area contributed by atoms with E-state index in [1.165, 1.54) is 5.56 Å². The van der Waals surface area contributed by atoms with Crippen LogP contribution in [0.2, 0.25) is 0 Å². The Labute approximate surface area is 124 Å². The molecule has 0 bridgehead atoms. The molecule has 0 spiro atoms. The number of hydrogen-bond acceptors (Lipinski definition) is 5. The molecular formula is C15H22N4O2. The van der Waals surface area contributed by atoms with Gasteiger partial charge in [0.25, 0.3) is 0 Å². The summed E-state index contributed by atoms with van der Waals surface area (Å²) in [5.41, 5.74) is 13.0. The van der Waals surface area contributed by atoms with E-state index in [1.807, 2.05) is 12.1 Å². The summed E-state index contributed by atoms with van der Waals surface area (Å²) < 4.78 is 0. The number of primary amides is 1. The molecule has 21 heavy (non-hydrogen) atoms. The van der Waals surface area contributed by atoms with Crippen molar-refractivity contribution in [3.05, 3.63) is 29.8 Å². The Balaban J connectivity index is 1.70. The Morgan fingerprint density at radius 2 is 2.14 bits per heavy atom. The predicted octanol–water partition coefficient (Wildman–Crippen LogP) is -0.0655. The third-order valence-corrected chi connectivity index (χ3v) is 4.54. The highest BCUT2D eigenvalue weighted by Crippen LogP contribution is 2.27. The Morgan fingerprint density at radius 1 is 1.38 bits per heavy atom. The third kappa shape index (κ3) is 3.02. The van der Waals surface area contributed by atoms with Gasteiger partial charge in [-0.1, -0.05) is 12.1 Å². The minimum atomic E-state index is -0.242. The second-order valence-electron chi connectivity index (χ2n) is 5.91. The van der Waals surface area contributed by atoms with Crippen molar-refractivity contribution in [1.29, 1.82) is 0 Å². The van der Waals surface area contributed by atoms with Gasteiger partial charge in [0, 0.05) is 25.2 Å². The molecule has 3 unspecified atom stereocenters. The molecule has 3 atom stereocenters. The average Bonchev–Trinajstić information content (AvgIpc) is 3.09. The number of nitrogens with one attached hydrogen (secondary N) is 2. The fraction of sp³-hybridized carbons (Fsp3) is 0.533. The molecule has 6 heteroatoms. The lowest BCUT2D eigenvalue weighted by Gasteiger charge is -2.31. The zero-order valence-electron chi connectivity index (χ0n) is 12.0. The summed E-state index contributed by atoms with van der Waals surface area (Å²) in [6.07, 6.45) is 2.20. The highest BCUT2D eigenvalue weighted by molar-refractivity contribution is 5.78. The maximum atomic E-state index is 11.6. The molecule has 114 valence electrons. The second kappa shape index (κ2) is 6.01. The molecule has 2 fully saturated rings. The number of likely N-dealkylation sites (tertiary alicyclic amines) is 1. The average molecular weight is 290 g/mol. The number of amides is 1. The van der Waals surface area contributed by atoms with Crippen LogP contribution >= 0.6 is 0 Å². The van der Waals surface area contributed by atoms with Crippen LogP contribution in [0.1, 0.15) is 18.4 Å². The number of hydrazine groups is 1. The number of hydrogen-bond donors (Lipinski definition) is 4. The molecule has 3 rings (SSSR count).